The van der Waals surface area contributed by atoms with Gasteiger partial charge in [-0.2, -0.15) is 0 Å². The van der Waals surface area contributed by atoms with Gasteiger partial charge in [0.15, 0.2) is 0 Å². The van der Waals surface area contributed by atoms with E-state index in [2.05, 4.69) is 0 Å². The summed E-state index contributed by atoms with van der Waals surface area (Å²) >= 11 is 0. The van der Waals surface area contributed by atoms with Crippen LogP contribution in [-0.4, -0.2) is 5.11 Å². The van der Waals surface area contributed by atoms with Gasteiger partial charge in [0.25, 0.3) is 0 Å². The van der Waals surface area contributed by atoms with E-state index in [-0.39, 0.29) is 6.04 Å². The van der Waals surface area contributed by atoms with Crippen molar-refractivity contribution in [1.29, 1.82) is 0 Å². The molecule has 0 radical (unpaired) electrons. The van der Waals surface area contributed by atoms with Crippen molar-refractivity contribution < 1.29 is 5.11 Å². The topological polar surface area (TPSA) is 46.2 Å². The Morgan fingerprint density at radius 1 is 1.50 bits per heavy atom. The quantitative estimate of drug-likeness (QED) is 0.556. The molecule has 1 aliphatic carbocycles. The Labute approximate surface area is 59.3 Å². The average molecular weight is 135 g/mol. The maximum absolute atomic E-state index is 9.21. The minimum atomic E-state index is 0.155. The smallest absolute Gasteiger partial charge is 0.119 e. The molecule has 0 aromatic heterocycles. The van der Waals surface area contributed by atoms with Crippen LogP contribution in [-0.2, 0) is 6.42 Å². The predicted molar refractivity (Wildman–Crippen MR) is 38.7 cm³/mol. The number of fused-ring (bicyclic) bond motifs is 1. The summed E-state index contributed by atoms with van der Waals surface area (Å²) in [7, 11) is 0. The van der Waals surface area contributed by atoms with Gasteiger partial charge >= 0.3 is 0 Å². The molecule has 1 aromatic carbocycles. The van der Waals surface area contributed by atoms with Gasteiger partial charge in [0.1, 0.15) is 5.75 Å². The van der Waals surface area contributed by atoms with E-state index in [0.717, 1.165) is 17.5 Å². The highest BCUT2D eigenvalue weighted by Crippen LogP contribution is 2.36. The van der Waals surface area contributed by atoms with Crippen molar-refractivity contribution in [1.82, 2.24) is 0 Å². The Balaban J connectivity index is 2.56. The first-order valence-electron chi connectivity index (χ1n) is 3.35. The maximum atomic E-state index is 9.21. The molecular formula is C8H9NO. The van der Waals surface area contributed by atoms with Gasteiger partial charge in [-0.05, 0) is 18.1 Å². The number of hydrogen-bond donors (Lipinski definition) is 2. The van der Waals surface area contributed by atoms with Gasteiger partial charge in [0.2, 0.25) is 0 Å². The first-order chi connectivity index (χ1) is 4.79. The van der Waals surface area contributed by atoms with Crippen molar-refractivity contribution in [3.05, 3.63) is 29.3 Å². The molecule has 52 valence electrons. The van der Waals surface area contributed by atoms with Gasteiger partial charge in [-0.3, -0.25) is 0 Å². The second-order valence-corrected chi connectivity index (χ2v) is 2.66. The Morgan fingerprint density at radius 3 is 2.90 bits per heavy atom. The van der Waals surface area contributed by atoms with E-state index in [1.165, 1.54) is 0 Å². The van der Waals surface area contributed by atoms with E-state index in [1.807, 2.05) is 12.1 Å². The minimum Gasteiger partial charge on any atom is -0.508 e. The lowest BCUT2D eigenvalue weighted by Gasteiger charge is -2.26. The highest BCUT2D eigenvalue weighted by Gasteiger charge is 2.24. The van der Waals surface area contributed by atoms with Gasteiger partial charge in [0, 0.05) is 11.6 Å². The van der Waals surface area contributed by atoms with Crippen molar-refractivity contribution in [3.8, 4) is 5.75 Å². The molecule has 0 bridgehead atoms. The van der Waals surface area contributed by atoms with Gasteiger partial charge in [-0.1, -0.05) is 12.1 Å². The predicted octanol–water partition coefficient (Wildman–Crippen LogP) is 0.948. The molecule has 1 aliphatic rings. The average Bonchev–Trinajstić information content (AvgIpc) is 1.91. The van der Waals surface area contributed by atoms with E-state index >= 15 is 0 Å². The summed E-state index contributed by atoms with van der Waals surface area (Å²) in [6.07, 6.45) is 0.821. The van der Waals surface area contributed by atoms with E-state index in [0.29, 0.717) is 5.75 Å². The van der Waals surface area contributed by atoms with E-state index in [9.17, 15) is 5.11 Å². The van der Waals surface area contributed by atoms with Gasteiger partial charge < -0.3 is 10.8 Å². The molecule has 1 aromatic rings. The summed E-state index contributed by atoms with van der Waals surface area (Å²) in [5, 5.41) is 9.21. The van der Waals surface area contributed by atoms with Crippen LogP contribution >= 0.6 is 0 Å². The Hall–Kier alpha value is -1.02. The monoisotopic (exact) mass is 135 g/mol. The van der Waals surface area contributed by atoms with Crippen LogP contribution in [0.25, 0.3) is 0 Å². The molecule has 0 aliphatic heterocycles. The summed E-state index contributed by atoms with van der Waals surface area (Å²) in [6.45, 7) is 0. The summed E-state index contributed by atoms with van der Waals surface area (Å²) in [5.41, 5.74) is 7.77. The van der Waals surface area contributed by atoms with Crippen LogP contribution in [0.3, 0.4) is 0 Å². The Bertz CT molecular complexity index is 270. The molecule has 0 heterocycles. The Kier molecular flexibility index (Phi) is 0.995. The Morgan fingerprint density at radius 2 is 2.30 bits per heavy atom. The van der Waals surface area contributed by atoms with Crippen LogP contribution in [0.1, 0.15) is 17.2 Å². The molecule has 0 saturated heterocycles. The van der Waals surface area contributed by atoms with Crippen molar-refractivity contribution in [2.45, 2.75) is 12.5 Å². The third kappa shape index (κ3) is 0.567. The lowest BCUT2D eigenvalue weighted by molar-refractivity contribution is 0.452. The van der Waals surface area contributed by atoms with E-state index in [1.54, 1.807) is 6.07 Å². The normalized spacial score (nSPS) is 21.5. The van der Waals surface area contributed by atoms with E-state index < -0.39 is 0 Å². The third-order valence-electron chi connectivity index (χ3n) is 2.01. The largest absolute Gasteiger partial charge is 0.508 e. The van der Waals surface area contributed by atoms with Crippen LogP contribution in [0.5, 0.6) is 5.75 Å². The molecule has 10 heavy (non-hydrogen) atoms. The van der Waals surface area contributed by atoms with Crippen LogP contribution in [0.4, 0.5) is 0 Å². The molecule has 2 heteroatoms. The lowest BCUT2D eigenvalue weighted by atomic mass is 9.83. The molecule has 0 fully saturated rings. The second-order valence-electron chi connectivity index (χ2n) is 2.66. The summed E-state index contributed by atoms with van der Waals surface area (Å²) in [6, 6.07) is 5.64. The second kappa shape index (κ2) is 1.73. The van der Waals surface area contributed by atoms with E-state index in [4.69, 9.17) is 5.73 Å². The number of benzene rings is 1. The summed E-state index contributed by atoms with van der Waals surface area (Å²) in [4.78, 5) is 0. The number of aromatic hydroxyl groups is 1. The van der Waals surface area contributed by atoms with Crippen LogP contribution in [0, 0.1) is 0 Å². The number of nitrogens with two attached hydrogens (primary N) is 1. The third-order valence-corrected chi connectivity index (χ3v) is 2.01. The van der Waals surface area contributed by atoms with Crippen molar-refractivity contribution in [2.24, 2.45) is 5.73 Å². The molecule has 1 unspecified atom stereocenters. The number of phenols is 1. The van der Waals surface area contributed by atoms with Crippen molar-refractivity contribution >= 4 is 0 Å². The number of hydrogen-bond acceptors (Lipinski definition) is 2. The van der Waals surface area contributed by atoms with Crippen LogP contribution in [0.15, 0.2) is 18.2 Å². The fourth-order valence-corrected chi connectivity index (χ4v) is 1.36. The summed E-state index contributed by atoms with van der Waals surface area (Å²) < 4.78 is 0. The SMILES string of the molecule is NC1Cc2c(O)cccc21. The minimum absolute atomic E-state index is 0.155. The number of phenolic OH excluding ortho intramolecular Hbond substituents is 1. The zero-order valence-electron chi connectivity index (χ0n) is 5.54. The molecule has 1 atom stereocenters. The molecule has 3 N–H and O–H groups in total. The fraction of sp³-hybridized carbons (Fsp3) is 0.250. The van der Waals surface area contributed by atoms with Gasteiger partial charge in [0.05, 0.1) is 0 Å². The molecule has 2 nitrogen and oxygen atoms in total. The highest BCUT2D eigenvalue weighted by atomic mass is 16.3. The molecule has 0 amide bonds. The van der Waals surface area contributed by atoms with Gasteiger partial charge in [-0.15, -0.1) is 0 Å². The maximum Gasteiger partial charge on any atom is 0.119 e. The molecular weight excluding hydrogens is 126 g/mol. The first kappa shape index (κ1) is 5.74. The molecule has 0 spiro atoms. The van der Waals surface area contributed by atoms with Crippen molar-refractivity contribution in [3.63, 3.8) is 0 Å². The molecule has 0 saturated carbocycles. The zero-order chi connectivity index (χ0) is 7.14. The first-order valence-corrected chi connectivity index (χ1v) is 3.35. The zero-order valence-corrected chi connectivity index (χ0v) is 5.54. The van der Waals surface area contributed by atoms with Gasteiger partial charge in [-0.25, -0.2) is 0 Å². The number of rotatable bonds is 0. The molecule has 2 rings (SSSR count). The van der Waals surface area contributed by atoms with Crippen LogP contribution < -0.4 is 5.73 Å². The highest BCUT2D eigenvalue weighted by molar-refractivity contribution is 5.47. The van der Waals surface area contributed by atoms with Crippen molar-refractivity contribution in [2.75, 3.05) is 0 Å². The van der Waals surface area contributed by atoms with Crippen LogP contribution in [0.2, 0.25) is 0 Å². The fourth-order valence-electron chi connectivity index (χ4n) is 1.36. The summed E-state index contributed by atoms with van der Waals surface area (Å²) in [5.74, 6) is 0.388. The lowest BCUT2D eigenvalue weighted by Crippen LogP contribution is -2.24. The standard InChI is InChI=1S/C8H9NO/c9-7-4-6-5(7)2-1-3-8(6)10/h1-3,7,10H,4,9H2.